The summed E-state index contributed by atoms with van der Waals surface area (Å²) >= 11 is 0. The highest BCUT2D eigenvalue weighted by atomic mass is 33.1. The first-order valence-electron chi connectivity index (χ1n) is 27.4. The number of amides is 1. The number of esters is 1. The van der Waals surface area contributed by atoms with Gasteiger partial charge in [-0.2, -0.15) is 0 Å². The number of guanidine groups is 1. The van der Waals surface area contributed by atoms with Gasteiger partial charge in [0.05, 0.1) is 11.9 Å². The Balaban J connectivity index is 1.03. The Hall–Kier alpha value is -4.01. The van der Waals surface area contributed by atoms with Crippen LogP contribution in [0.2, 0.25) is 0 Å². The minimum absolute atomic E-state index is 0.0454. The van der Waals surface area contributed by atoms with Crippen molar-refractivity contribution >= 4 is 39.4 Å². The number of nitrogens with one attached hydrogen (secondary N) is 2. The fourth-order valence-corrected chi connectivity index (χ4v) is 17.7. The van der Waals surface area contributed by atoms with Crippen LogP contribution in [0.1, 0.15) is 164 Å². The molecule has 1 amide bonds. The number of benzene rings is 2. The molecule has 3 aliphatic carbocycles. The summed E-state index contributed by atoms with van der Waals surface area (Å²) in [5, 5.41) is 30.9. The molecular weight excluding hydrogens is 929 g/mol. The van der Waals surface area contributed by atoms with Crippen molar-refractivity contribution in [2.75, 3.05) is 25.4 Å². The number of rotatable bonds is 6. The number of aromatic hydroxyl groups is 1. The van der Waals surface area contributed by atoms with Crippen molar-refractivity contribution in [3.05, 3.63) is 82.2 Å². The molecule has 8 N–H and O–H groups in total. The Bertz CT molecular complexity index is 2260. The van der Waals surface area contributed by atoms with Crippen LogP contribution >= 0.6 is 21.6 Å². The molecule has 2 aromatic rings. The lowest BCUT2D eigenvalue weighted by molar-refractivity contribution is -0.148. The topological polar surface area (TPSA) is 185 Å². The van der Waals surface area contributed by atoms with E-state index in [0.717, 1.165) is 93.1 Å². The number of hydrogen-bond donors (Lipinski definition) is 6. The minimum atomic E-state index is -0.599. The maximum absolute atomic E-state index is 14.4. The van der Waals surface area contributed by atoms with Gasteiger partial charge < -0.3 is 46.7 Å². The van der Waals surface area contributed by atoms with Crippen molar-refractivity contribution in [3.63, 3.8) is 0 Å². The van der Waals surface area contributed by atoms with Gasteiger partial charge in [0.1, 0.15) is 17.1 Å². The van der Waals surface area contributed by atoms with Gasteiger partial charge in [-0.25, -0.2) is 0 Å². The fourth-order valence-electron chi connectivity index (χ4n) is 13.8. The SMILES string of the molecule is CC(=O)OC1CCc2cc(c(O)c3c2CCC2CCCC2O3)CN2CC(CC3=CCNC(N)=C3)(CCN=C(N)NC3(CCCC34CCCC4)SSCC(CCc3ccccc3)CCCCC(O)C1)CC2=O. The molecule has 4 bridgehead atoms. The summed E-state index contributed by atoms with van der Waals surface area (Å²) in [6.07, 6.45) is 25.4. The van der Waals surface area contributed by atoms with Crippen LogP contribution in [0.5, 0.6) is 11.5 Å². The number of fused-ring (bicyclic) bond motifs is 8. The number of carbonyl (C=O) groups is 2. The van der Waals surface area contributed by atoms with Gasteiger partial charge in [0, 0.05) is 73.7 Å². The highest BCUT2D eigenvalue weighted by molar-refractivity contribution is 8.77. The number of carbonyl (C=O) groups excluding carboxylic acids is 2. The normalized spacial score (nSPS) is 31.0. The number of aryl methyl sites for hydroxylation is 2. The largest absolute Gasteiger partial charge is 0.504 e. The molecule has 71 heavy (non-hydrogen) atoms. The van der Waals surface area contributed by atoms with E-state index in [-0.39, 0.29) is 40.6 Å². The third-order valence-electron chi connectivity index (χ3n) is 17.6. The molecule has 4 fully saturated rings. The van der Waals surface area contributed by atoms with Gasteiger partial charge in [0.25, 0.3) is 0 Å². The molecule has 4 aliphatic heterocycles. The molecule has 7 atom stereocenters. The molecule has 2 aromatic carbocycles. The lowest BCUT2D eigenvalue weighted by Crippen LogP contribution is -2.55. The Morgan fingerprint density at radius 1 is 0.958 bits per heavy atom. The molecule has 7 unspecified atom stereocenters. The highest BCUT2D eigenvalue weighted by Crippen LogP contribution is 2.63. The van der Waals surface area contributed by atoms with Crippen molar-refractivity contribution in [2.45, 2.75) is 191 Å². The number of phenolic OH excluding ortho intramolecular Hbond substituents is 1. The molecule has 1 saturated heterocycles. The smallest absolute Gasteiger partial charge is 0.302 e. The summed E-state index contributed by atoms with van der Waals surface area (Å²) in [5.74, 6) is 3.48. The molecule has 0 radical (unpaired) electrons. The van der Waals surface area contributed by atoms with E-state index in [2.05, 4.69) is 53.1 Å². The molecule has 4 heterocycles. The number of allylic oxidation sites excluding steroid dienone is 2. The molecule has 3 saturated carbocycles. The van der Waals surface area contributed by atoms with Crippen molar-refractivity contribution in [2.24, 2.45) is 39.1 Å². The molecule has 0 aromatic heterocycles. The summed E-state index contributed by atoms with van der Waals surface area (Å²) in [6.45, 7) is 3.32. The molecule has 14 heteroatoms. The van der Waals surface area contributed by atoms with Crippen molar-refractivity contribution in [1.29, 1.82) is 0 Å². The number of aliphatic imine (C=N–C) groups is 1. The van der Waals surface area contributed by atoms with Crippen LogP contribution in [-0.2, 0) is 40.1 Å². The van der Waals surface area contributed by atoms with E-state index in [0.29, 0.717) is 99.5 Å². The number of aliphatic hydroxyl groups is 1. The van der Waals surface area contributed by atoms with E-state index in [1.165, 1.54) is 51.0 Å². The van der Waals surface area contributed by atoms with Crippen LogP contribution in [0.25, 0.3) is 0 Å². The van der Waals surface area contributed by atoms with E-state index in [9.17, 15) is 19.8 Å². The predicted molar refractivity (Wildman–Crippen MR) is 287 cm³/mol. The third kappa shape index (κ3) is 12.7. The van der Waals surface area contributed by atoms with Crippen molar-refractivity contribution in [1.82, 2.24) is 15.5 Å². The quantitative estimate of drug-likeness (QED) is 0.119. The van der Waals surface area contributed by atoms with Crippen LogP contribution in [0.4, 0.5) is 0 Å². The average Bonchev–Trinajstić information content (AvgIpc) is 4.12. The molecule has 12 nitrogen and oxygen atoms in total. The van der Waals surface area contributed by atoms with Gasteiger partial charge in [-0.05, 0) is 156 Å². The number of ether oxygens (including phenoxy) is 2. The first-order chi connectivity index (χ1) is 34.4. The molecule has 2 spiro atoms. The Kier molecular flexibility index (Phi) is 17.1. The molecule has 9 rings (SSSR count). The predicted octanol–water partition coefficient (Wildman–Crippen LogP) is 9.88. The van der Waals surface area contributed by atoms with Crippen LogP contribution in [0.3, 0.4) is 0 Å². The summed E-state index contributed by atoms with van der Waals surface area (Å²) in [6, 6.07) is 12.9. The summed E-state index contributed by atoms with van der Waals surface area (Å²) in [7, 11) is 4.03. The first-order valence-corrected chi connectivity index (χ1v) is 29.7. The zero-order chi connectivity index (χ0) is 49.4. The number of aliphatic hydroxyl groups excluding tert-OH is 1. The second-order valence-corrected chi connectivity index (χ2v) is 25.3. The van der Waals surface area contributed by atoms with E-state index >= 15 is 0 Å². The first kappa shape index (κ1) is 51.9. The van der Waals surface area contributed by atoms with E-state index < -0.39 is 17.6 Å². The second-order valence-electron chi connectivity index (χ2n) is 22.6. The maximum atomic E-state index is 14.4. The summed E-state index contributed by atoms with van der Waals surface area (Å²) < 4.78 is 12.8. The summed E-state index contributed by atoms with van der Waals surface area (Å²) in [4.78, 5) is 33.8. The summed E-state index contributed by atoms with van der Waals surface area (Å²) in [5.41, 5.74) is 18.3. The van der Waals surface area contributed by atoms with Crippen LogP contribution in [0, 0.1) is 22.7 Å². The lowest BCUT2D eigenvalue weighted by atomic mass is 9.77. The van der Waals surface area contributed by atoms with E-state index in [1.807, 2.05) is 32.6 Å². The average molecular weight is 1010 g/mol. The van der Waals surface area contributed by atoms with E-state index in [4.69, 9.17) is 25.9 Å². The zero-order valence-electron chi connectivity index (χ0n) is 42.4. The van der Waals surface area contributed by atoms with Crippen molar-refractivity contribution in [3.8, 4) is 11.5 Å². The monoisotopic (exact) mass is 1010 g/mol. The van der Waals surface area contributed by atoms with Crippen molar-refractivity contribution < 1.29 is 29.3 Å². The second kappa shape index (κ2) is 23.5. The molecule has 388 valence electrons. The Morgan fingerprint density at radius 2 is 1.77 bits per heavy atom. The number of hydrogen-bond acceptors (Lipinski definition) is 13. The van der Waals surface area contributed by atoms with Gasteiger partial charge in [0.15, 0.2) is 17.5 Å². The van der Waals surface area contributed by atoms with Crippen LogP contribution in [0.15, 0.2) is 64.9 Å². The van der Waals surface area contributed by atoms with Gasteiger partial charge >= 0.3 is 5.97 Å². The lowest BCUT2D eigenvalue weighted by Gasteiger charge is -2.44. The Morgan fingerprint density at radius 3 is 2.59 bits per heavy atom. The number of dihydropyridines is 1. The number of nitrogens with two attached hydrogens (primary N) is 2. The fraction of sp³-hybridized carbons (Fsp3) is 0.667. The number of nitrogens with zero attached hydrogens (tertiary/aromatic N) is 2. The van der Waals surface area contributed by atoms with Crippen LogP contribution < -0.4 is 26.8 Å². The minimum Gasteiger partial charge on any atom is -0.504 e. The van der Waals surface area contributed by atoms with Gasteiger partial charge in [-0.1, -0.05) is 83.7 Å². The third-order valence-corrected chi connectivity index (χ3v) is 20.9. The van der Waals surface area contributed by atoms with Gasteiger partial charge in [0.2, 0.25) is 5.91 Å². The van der Waals surface area contributed by atoms with Gasteiger partial charge in [-0.15, -0.1) is 0 Å². The van der Waals surface area contributed by atoms with Gasteiger partial charge in [-0.3, -0.25) is 14.6 Å². The highest BCUT2D eigenvalue weighted by Gasteiger charge is 2.57. The Labute approximate surface area is 431 Å². The molecular formula is C57H82N6O6S2. The van der Waals surface area contributed by atoms with Crippen LogP contribution in [-0.4, -0.2) is 81.5 Å². The zero-order valence-corrected chi connectivity index (χ0v) is 44.0. The molecule has 7 aliphatic rings. The number of phenols is 1. The maximum Gasteiger partial charge on any atom is 0.302 e. The van der Waals surface area contributed by atoms with E-state index in [1.54, 1.807) is 0 Å². The standard InChI is InChI=1S/C57H82N6O6S2/c1-39(64)68-47-21-19-44-32-45(52(67)53-48(44)22-20-43-14-9-16-49(43)69-53)36-63-38-55(35-51(63)66,34-42-23-29-60-50(58)31-42)28-30-61-54(59)62-57(27-10-26-56(57)24-7-8-25-56)71-70-37-41(13-5-6-15-46(65)33-47)18-17-40-11-3-2-4-12-40/h2-4,11-12,23,31-32,41,43,46-47,49,60,65,67H,5-10,13-22,24-30,33-38,58H2,1H3,(H3,59,61,62).